The smallest absolute Gasteiger partial charge is 0.229 e. The lowest BCUT2D eigenvalue weighted by molar-refractivity contribution is -0.0527. The molecule has 0 aliphatic heterocycles. The maximum Gasteiger partial charge on any atom is 0.229 e. The number of methoxy groups -OCH3 is 1. The normalized spacial score (nSPS) is 19.8. The van der Waals surface area contributed by atoms with E-state index in [1.165, 1.54) is 6.42 Å². The Balaban J connectivity index is 2.13. The molecule has 0 spiro atoms. The summed E-state index contributed by atoms with van der Waals surface area (Å²) < 4.78 is 11.1. The van der Waals surface area contributed by atoms with Crippen molar-refractivity contribution in [2.45, 2.75) is 63.4 Å². The minimum Gasteiger partial charge on any atom is -0.370 e. The van der Waals surface area contributed by atoms with E-state index in [4.69, 9.17) is 14.5 Å². The van der Waals surface area contributed by atoms with Gasteiger partial charge in [0.25, 0.3) is 0 Å². The average molecular weight is 263 g/mol. The molecule has 1 fully saturated rings. The van der Waals surface area contributed by atoms with E-state index in [-0.39, 0.29) is 11.5 Å². The van der Waals surface area contributed by atoms with E-state index in [0.29, 0.717) is 18.1 Å². The number of ether oxygens (including phenoxy) is 1. The van der Waals surface area contributed by atoms with Crippen molar-refractivity contribution in [1.82, 2.24) is 10.1 Å². The van der Waals surface area contributed by atoms with Gasteiger partial charge in [0, 0.05) is 19.4 Å². The molecule has 0 aromatic carbocycles. The van der Waals surface area contributed by atoms with Crippen LogP contribution in [0.5, 0.6) is 0 Å². The third kappa shape index (κ3) is 2.95. The van der Waals surface area contributed by atoms with E-state index >= 15 is 0 Å². The van der Waals surface area contributed by atoms with Crippen LogP contribution in [0.4, 0.5) is 0 Å². The van der Waals surface area contributed by atoms with Crippen LogP contribution in [0.25, 0.3) is 0 Å². The maximum atomic E-state index is 8.61. The van der Waals surface area contributed by atoms with Crippen molar-refractivity contribution in [3.05, 3.63) is 11.7 Å². The molecule has 5 nitrogen and oxygen atoms in total. The fraction of sp³-hybridized carbons (Fsp3) is 0.786. The molecule has 5 heteroatoms. The maximum absolute atomic E-state index is 8.61. The molecule has 104 valence electrons. The van der Waals surface area contributed by atoms with E-state index in [9.17, 15) is 0 Å². The summed E-state index contributed by atoms with van der Waals surface area (Å²) in [6.07, 6.45) is 6.69. The molecule has 0 amide bonds. The highest BCUT2D eigenvalue weighted by molar-refractivity contribution is 5.05. The van der Waals surface area contributed by atoms with Gasteiger partial charge in [0.2, 0.25) is 11.7 Å². The zero-order chi connectivity index (χ0) is 13.7. The van der Waals surface area contributed by atoms with Crippen molar-refractivity contribution in [3.63, 3.8) is 0 Å². The number of nitriles is 1. The van der Waals surface area contributed by atoms with Crippen molar-refractivity contribution < 1.29 is 9.26 Å². The SMILES string of the molecule is COC1(c2noc(C(C)CCC#N)n2)CCCCC1. The van der Waals surface area contributed by atoms with Crippen molar-refractivity contribution in [2.75, 3.05) is 7.11 Å². The summed E-state index contributed by atoms with van der Waals surface area (Å²) in [5.74, 6) is 1.42. The highest BCUT2D eigenvalue weighted by Crippen LogP contribution is 2.38. The Bertz CT molecular complexity index is 444. The summed E-state index contributed by atoms with van der Waals surface area (Å²) in [5.41, 5.74) is -0.366. The number of hydrogen-bond acceptors (Lipinski definition) is 5. The highest BCUT2D eigenvalue weighted by atomic mass is 16.5. The van der Waals surface area contributed by atoms with Crippen LogP contribution in [0.2, 0.25) is 0 Å². The molecular formula is C14H21N3O2. The van der Waals surface area contributed by atoms with Crippen LogP contribution in [0.15, 0.2) is 4.52 Å². The van der Waals surface area contributed by atoms with Gasteiger partial charge in [-0.25, -0.2) is 0 Å². The van der Waals surface area contributed by atoms with Crippen molar-refractivity contribution in [2.24, 2.45) is 0 Å². The Kier molecular flexibility index (Phi) is 4.54. The minimum atomic E-state index is -0.366. The second-order valence-corrected chi connectivity index (χ2v) is 5.31. The summed E-state index contributed by atoms with van der Waals surface area (Å²) in [4.78, 5) is 4.52. The Morgan fingerprint density at radius 3 is 2.79 bits per heavy atom. The number of nitrogens with zero attached hydrogens (tertiary/aromatic N) is 3. The molecule has 1 aliphatic rings. The Labute approximate surface area is 113 Å². The van der Waals surface area contributed by atoms with Gasteiger partial charge in [0.1, 0.15) is 5.60 Å². The van der Waals surface area contributed by atoms with Gasteiger partial charge in [-0.3, -0.25) is 0 Å². The van der Waals surface area contributed by atoms with Crippen LogP contribution >= 0.6 is 0 Å². The lowest BCUT2D eigenvalue weighted by Gasteiger charge is -2.32. The lowest BCUT2D eigenvalue weighted by atomic mass is 9.84. The number of hydrogen-bond donors (Lipinski definition) is 0. The lowest BCUT2D eigenvalue weighted by Crippen LogP contribution is -2.32. The van der Waals surface area contributed by atoms with Crippen LogP contribution in [0, 0.1) is 11.3 Å². The molecule has 0 N–H and O–H groups in total. The molecule has 1 aliphatic carbocycles. The van der Waals surface area contributed by atoms with Crippen LogP contribution in [0.3, 0.4) is 0 Å². The molecule has 1 unspecified atom stereocenters. The standard InChI is InChI=1S/C14H21N3O2/c1-11(7-6-10-15)12-16-13(17-19-12)14(18-2)8-4-3-5-9-14/h11H,3-9H2,1-2H3. The Hall–Kier alpha value is -1.41. The molecule has 0 saturated heterocycles. The van der Waals surface area contributed by atoms with E-state index < -0.39 is 0 Å². The van der Waals surface area contributed by atoms with Gasteiger partial charge in [0.05, 0.1) is 6.07 Å². The van der Waals surface area contributed by atoms with E-state index in [2.05, 4.69) is 16.2 Å². The highest BCUT2D eigenvalue weighted by Gasteiger charge is 2.38. The molecule has 19 heavy (non-hydrogen) atoms. The predicted molar refractivity (Wildman–Crippen MR) is 69.3 cm³/mol. The minimum absolute atomic E-state index is 0.124. The largest absolute Gasteiger partial charge is 0.370 e. The van der Waals surface area contributed by atoms with E-state index in [0.717, 1.165) is 32.1 Å². The summed E-state index contributed by atoms with van der Waals surface area (Å²) in [7, 11) is 1.72. The Morgan fingerprint density at radius 1 is 1.42 bits per heavy atom. The monoisotopic (exact) mass is 263 g/mol. The molecular weight excluding hydrogens is 242 g/mol. The third-order valence-electron chi connectivity index (χ3n) is 4.01. The molecule has 1 saturated carbocycles. The first-order chi connectivity index (χ1) is 9.22. The average Bonchev–Trinajstić information content (AvgIpc) is 2.96. The molecule has 0 radical (unpaired) electrons. The summed E-state index contributed by atoms with van der Waals surface area (Å²) in [6, 6.07) is 2.14. The summed E-state index contributed by atoms with van der Waals surface area (Å²) in [5, 5.41) is 12.7. The first-order valence-electron chi connectivity index (χ1n) is 6.98. The Morgan fingerprint density at radius 2 is 2.16 bits per heavy atom. The van der Waals surface area contributed by atoms with Gasteiger partial charge in [-0.1, -0.05) is 31.3 Å². The van der Waals surface area contributed by atoms with Gasteiger partial charge in [0.15, 0.2) is 0 Å². The molecule has 1 atom stereocenters. The fourth-order valence-electron chi connectivity index (χ4n) is 2.67. The predicted octanol–water partition coefficient (Wildman–Crippen LogP) is 3.28. The fourth-order valence-corrected chi connectivity index (χ4v) is 2.67. The zero-order valence-electron chi connectivity index (χ0n) is 11.7. The van der Waals surface area contributed by atoms with Gasteiger partial charge in [-0.05, 0) is 19.3 Å². The van der Waals surface area contributed by atoms with E-state index in [1.54, 1.807) is 7.11 Å². The van der Waals surface area contributed by atoms with Crippen molar-refractivity contribution in [3.8, 4) is 6.07 Å². The quantitative estimate of drug-likeness (QED) is 0.815. The second-order valence-electron chi connectivity index (χ2n) is 5.31. The van der Waals surface area contributed by atoms with Gasteiger partial charge < -0.3 is 9.26 Å². The van der Waals surface area contributed by atoms with E-state index in [1.807, 2.05) is 6.92 Å². The van der Waals surface area contributed by atoms with Crippen LogP contribution in [0.1, 0.15) is 69.5 Å². The van der Waals surface area contributed by atoms with Gasteiger partial charge in [-0.15, -0.1) is 0 Å². The zero-order valence-corrected chi connectivity index (χ0v) is 11.7. The topological polar surface area (TPSA) is 71.9 Å². The van der Waals surface area contributed by atoms with Crippen LogP contribution in [-0.4, -0.2) is 17.3 Å². The summed E-state index contributed by atoms with van der Waals surface area (Å²) >= 11 is 0. The molecule has 0 bridgehead atoms. The first kappa shape index (κ1) is 14.0. The molecule has 1 aromatic rings. The summed E-state index contributed by atoms with van der Waals surface area (Å²) in [6.45, 7) is 2.01. The van der Waals surface area contributed by atoms with Gasteiger partial charge >= 0.3 is 0 Å². The molecule has 1 heterocycles. The molecule has 2 rings (SSSR count). The van der Waals surface area contributed by atoms with Crippen molar-refractivity contribution >= 4 is 0 Å². The second kappa shape index (κ2) is 6.16. The van der Waals surface area contributed by atoms with Crippen LogP contribution < -0.4 is 0 Å². The van der Waals surface area contributed by atoms with Crippen molar-refractivity contribution in [1.29, 1.82) is 5.26 Å². The first-order valence-corrected chi connectivity index (χ1v) is 6.98. The number of rotatable bonds is 5. The van der Waals surface area contributed by atoms with Gasteiger partial charge in [-0.2, -0.15) is 10.2 Å². The third-order valence-corrected chi connectivity index (χ3v) is 4.01. The number of aromatic nitrogens is 2. The molecule has 1 aromatic heterocycles. The van der Waals surface area contributed by atoms with Crippen LogP contribution in [-0.2, 0) is 10.3 Å².